The minimum absolute atomic E-state index is 0.00711. The van der Waals surface area contributed by atoms with E-state index < -0.39 is 0 Å². The Labute approximate surface area is 211 Å². The minimum atomic E-state index is -0.200. The van der Waals surface area contributed by atoms with Gasteiger partial charge in [0.05, 0.1) is 6.54 Å². The molecule has 0 saturated heterocycles. The third kappa shape index (κ3) is 7.02. The summed E-state index contributed by atoms with van der Waals surface area (Å²) in [5, 5.41) is 12.3. The summed E-state index contributed by atoms with van der Waals surface area (Å²) in [4.78, 5) is 25.9. The highest BCUT2D eigenvalue weighted by molar-refractivity contribution is 5.93. The minimum Gasteiger partial charge on any atom is -0.345 e. The second-order valence-electron chi connectivity index (χ2n) is 8.42. The summed E-state index contributed by atoms with van der Waals surface area (Å²) in [5.74, 6) is 0.810. The van der Waals surface area contributed by atoms with Crippen LogP contribution in [0.15, 0.2) is 72.8 Å². The SMILES string of the molecule is CCc1ccc(Nc2nc(NCC(=O)Nc3ccc(C)cc3)nc(Nc3ccc(CC)cc3)n2)cc1. The second kappa shape index (κ2) is 11.8. The summed E-state index contributed by atoms with van der Waals surface area (Å²) < 4.78 is 0. The Morgan fingerprint density at radius 3 is 1.56 bits per heavy atom. The standard InChI is InChI=1S/C28H31N7O/c1-4-20-8-14-23(15-9-20)31-27-33-26(29-18-25(36)30-22-12-6-19(3)7-13-22)34-28(35-27)32-24-16-10-21(5-2)11-17-24/h6-17H,4-5,18H2,1-3H3,(H,30,36)(H3,29,31,32,33,34,35). The number of aromatic nitrogens is 3. The number of rotatable bonds is 10. The molecule has 1 heterocycles. The molecule has 0 aliphatic rings. The van der Waals surface area contributed by atoms with Gasteiger partial charge < -0.3 is 21.3 Å². The number of carbonyl (C=O) groups is 1. The van der Waals surface area contributed by atoms with Crippen LogP contribution in [-0.2, 0) is 17.6 Å². The predicted molar refractivity (Wildman–Crippen MR) is 146 cm³/mol. The third-order valence-electron chi connectivity index (χ3n) is 5.61. The van der Waals surface area contributed by atoms with Crippen LogP contribution < -0.4 is 21.3 Å². The van der Waals surface area contributed by atoms with Crippen molar-refractivity contribution < 1.29 is 4.79 Å². The van der Waals surface area contributed by atoms with Crippen LogP contribution >= 0.6 is 0 Å². The van der Waals surface area contributed by atoms with E-state index >= 15 is 0 Å². The molecule has 0 radical (unpaired) electrons. The highest BCUT2D eigenvalue weighted by Gasteiger charge is 2.10. The fraction of sp³-hybridized carbons (Fsp3) is 0.214. The zero-order chi connectivity index (χ0) is 25.3. The summed E-state index contributed by atoms with van der Waals surface area (Å²) in [6.45, 7) is 6.24. The second-order valence-corrected chi connectivity index (χ2v) is 8.42. The van der Waals surface area contributed by atoms with E-state index in [-0.39, 0.29) is 18.4 Å². The summed E-state index contributed by atoms with van der Waals surface area (Å²) in [5.41, 5.74) is 6.08. The van der Waals surface area contributed by atoms with Crippen molar-refractivity contribution in [3.8, 4) is 0 Å². The molecule has 0 fully saturated rings. The Bertz CT molecular complexity index is 1220. The number of carbonyl (C=O) groups excluding carboxylic acids is 1. The van der Waals surface area contributed by atoms with Gasteiger partial charge in [-0.15, -0.1) is 0 Å². The first-order chi connectivity index (χ1) is 17.5. The summed E-state index contributed by atoms with van der Waals surface area (Å²) in [7, 11) is 0. The topological polar surface area (TPSA) is 104 Å². The lowest BCUT2D eigenvalue weighted by Crippen LogP contribution is -2.23. The number of hydrogen-bond donors (Lipinski definition) is 4. The molecule has 184 valence electrons. The number of hydrogen-bond acceptors (Lipinski definition) is 7. The Morgan fingerprint density at radius 2 is 1.08 bits per heavy atom. The molecular formula is C28H31N7O. The van der Waals surface area contributed by atoms with Crippen molar-refractivity contribution in [1.29, 1.82) is 0 Å². The van der Waals surface area contributed by atoms with Gasteiger partial charge in [-0.25, -0.2) is 0 Å². The molecule has 4 N–H and O–H groups in total. The maximum Gasteiger partial charge on any atom is 0.243 e. The number of nitrogens with zero attached hydrogens (tertiary/aromatic N) is 3. The molecule has 0 saturated carbocycles. The molecule has 0 unspecified atom stereocenters. The first-order valence-electron chi connectivity index (χ1n) is 12.1. The van der Waals surface area contributed by atoms with E-state index in [1.807, 2.05) is 55.5 Å². The predicted octanol–water partition coefficient (Wildman–Crippen LogP) is 5.84. The molecular weight excluding hydrogens is 450 g/mol. The Kier molecular flexibility index (Phi) is 8.08. The lowest BCUT2D eigenvalue weighted by Gasteiger charge is -2.12. The molecule has 0 aliphatic carbocycles. The Morgan fingerprint density at radius 1 is 0.639 bits per heavy atom. The van der Waals surface area contributed by atoms with Gasteiger partial charge in [-0.1, -0.05) is 55.8 Å². The lowest BCUT2D eigenvalue weighted by atomic mass is 10.1. The molecule has 0 atom stereocenters. The van der Waals surface area contributed by atoms with Gasteiger partial charge in [0.1, 0.15) is 0 Å². The zero-order valence-corrected chi connectivity index (χ0v) is 20.8. The van der Waals surface area contributed by atoms with E-state index in [4.69, 9.17) is 0 Å². The number of anilines is 6. The maximum atomic E-state index is 12.5. The molecule has 1 amide bonds. The van der Waals surface area contributed by atoms with Crippen molar-refractivity contribution >= 4 is 40.8 Å². The number of aryl methyl sites for hydroxylation is 3. The van der Waals surface area contributed by atoms with Gasteiger partial charge in [-0.2, -0.15) is 15.0 Å². The van der Waals surface area contributed by atoms with Gasteiger partial charge in [0.15, 0.2) is 0 Å². The number of nitrogens with one attached hydrogen (secondary N) is 4. The molecule has 0 spiro atoms. The zero-order valence-electron chi connectivity index (χ0n) is 20.8. The normalized spacial score (nSPS) is 10.5. The van der Waals surface area contributed by atoms with Crippen molar-refractivity contribution in [3.05, 3.63) is 89.5 Å². The van der Waals surface area contributed by atoms with Gasteiger partial charge in [0.25, 0.3) is 0 Å². The van der Waals surface area contributed by atoms with Gasteiger partial charge in [0.2, 0.25) is 23.8 Å². The molecule has 0 aliphatic heterocycles. The molecule has 0 bridgehead atoms. The van der Waals surface area contributed by atoms with Crippen molar-refractivity contribution in [2.45, 2.75) is 33.6 Å². The molecule has 3 aromatic carbocycles. The molecule has 8 heteroatoms. The van der Waals surface area contributed by atoms with Gasteiger partial charge in [-0.3, -0.25) is 4.79 Å². The Balaban J connectivity index is 1.50. The first-order valence-corrected chi connectivity index (χ1v) is 12.1. The van der Waals surface area contributed by atoms with Crippen molar-refractivity contribution in [1.82, 2.24) is 15.0 Å². The Hall–Kier alpha value is -4.46. The molecule has 1 aromatic heterocycles. The van der Waals surface area contributed by atoms with Crippen LogP contribution in [0.5, 0.6) is 0 Å². The van der Waals surface area contributed by atoms with Crippen LogP contribution in [0.3, 0.4) is 0 Å². The quantitative estimate of drug-likeness (QED) is 0.225. The molecule has 36 heavy (non-hydrogen) atoms. The maximum absolute atomic E-state index is 12.5. The smallest absolute Gasteiger partial charge is 0.243 e. The third-order valence-corrected chi connectivity index (χ3v) is 5.61. The summed E-state index contributed by atoms with van der Waals surface area (Å²) in [6.07, 6.45) is 1.94. The van der Waals surface area contributed by atoms with E-state index in [1.165, 1.54) is 11.1 Å². The van der Waals surface area contributed by atoms with Crippen LogP contribution in [0.25, 0.3) is 0 Å². The molecule has 4 aromatic rings. The monoisotopic (exact) mass is 481 g/mol. The van der Waals surface area contributed by atoms with Crippen molar-refractivity contribution in [2.75, 3.05) is 27.8 Å². The highest BCUT2D eigenvalue weighted by atomic mass is 16.1. The largest absolute Gasteiger partial charge is 0.345 e. The number of amides is 1. The van der Waals surface area contributed by atoms with E-state index in [9.17, 15) is 4.79 Å². The van der Waals surface area contributed by atoms with Gasteiger partial charge in [-0.05, 0) is 67.3 Å². The van der Waals surface area contributed by atoms with E-state index in [1.54, 1.807) is 0 Å². The summed E-state index contributed by atoms with van der Waals surface area (Å²) in [6, 6.07) is 23.8. The average molecular weight is 482 g/mol. The van der Waals surface area contributed by atoms with Gasteiger partial charge in [0, 0.05) is 17.1 Å². The highest BCUT2D eigenvalue weighted by Crippen LogP contribution is 2.20. The molecule has 8 nitrogen and oxygen atoms in total. The van der Waals surface area contributed by atoms with Crippen molar-refractivity contribution in [3.63, 3.8) is 0 Å². The lowest BCUT2D eigenvalue weighted by molar-refractivity contribution is -0.114. The van der Waals surface area contributed by atoms with Crippen LogP contribution in [0.1, 0.15) is 30.5 Å². The van der Waals surface area contributed by atoms with Crippen molar-refractivity contribution in [2.24, 2.45) is 0 Å². The van der Waals surface area contributed by atoms with Crippen LogP contribution in [-0.4, -0.2) is 27.4 Å². The van der Waals surface area contributed by atoms with E-state index in [2.05, 4.69) is 74.3 Å². The summed E-state index contributed by atoms with van der Waals surface area (Å²) >= 11 is 0. The van der Waals surface area contributed by atoms with Crippen LogP contribution in [0.4, 0.5) is 34.9 Å². The fourth-order valence-electron chi connectivity index (χ4n) is 3.47. The van der Waals surface area contributed by atoms with Gasteiger partial charge >= 0.3 is 0 Å². The van der Waals surface area contributed by atoms with Crippen LogP contribution in [0, 0.1) is 6.92 Å². The average Bonchev–Trinajstić information content (AvgIpc) is 2.90. The fourth-order valence-corrected chi connectivity index (χ4v) is 3.47. The first kappa shape index (κ1) is 24.7. The van der Waals surface area contributed by atoms with Crippen LogP contribution in [0.2, 0.25) is 0 Å². The molecule has 4 rings (SSSR count). The number of benzene rings is 3. The van der Waals surface area contributed by atoms with E-state index in [0.29, 0.717) is 11.9 Å². The van der Waals surface area contributed by atoms with E-state index in [0.717, 1.165) is 35.5 Å².